The van der Waals surface area contributed by atoms with E-state index in [0.29, 0.717) is 74.0 Å². The molecule has 7 aliphatic rings. The third-order valence-corrected chi connectivity index (χ3v) is 22.4. The number of aliphatic hydroxyl groups is 3. The Bertz CT molecular complexity index is 2660. The van der Waals surface area contributed by atoms with Crippen LogP contribution >= 0.6 is 45.3 Å². The molecule has 9 unspecified atom stereocenters. The van der Waals surface area contributed by atoms with Gasteiger partial charge in [0.25, 0.3) is 0 Å². The number of ether oxygens (including phenoxy) is 4. The first kappa shape index (κ1) is 62.9. The number of piperidine rings is 3. The van der Waals surface area contributed by atoms with Crippen molar-refractivity contribution in [3.8, 4) is 0 Å². The van der Waals surface area contributed by atoms with Crippen LogP contribution in [0.25, 0.3) is 0 Å². The molecule has 0 spiro atoms. The van der Waals surface area contributed by atoms with E-state index in [1.807, 2.05) is 76.1 Å². The van der Waals surface area contributed by atoms with Gasteiger partial charge in [0.1, 0.15) is 60.6 Å². The van der Waals surface area contributed by atoms with Gasteiger partial charge in [0.15, 0.2) is 0 Å². The number of morpholine rings is 1. The van der Waals surface area contributed by atoms with Crippen LogP contribution in [-0.4, -0.2) is 161 Å². The van der Waals surface area contributed by atoms with Crippen LogP contribution in [-0.2, 0) is 44.5 Å². The third kappa shape index (κ3) is 11.7. The Hall–Kier alpha value is -2.67. The molecule has 6 saturated heterocycles. The second kappa shape index (κ2) is 25.0. The number of hydrogen-bond donors (Lipinski definition) is 3. The predicted octanol–water partition coefficient (Wildman–Crippen LogP) is -0.654. The van der Waals surface area contributed by atoms with Gasteiger partial charge in [-0.25, -0.2) is 9.59 Å². The Balaban J connectivity index is 0.000000167. The smallest absolute Gasteiger partial charge is 0.349 e. The third-order valence-electron chi connectivity index (χ3n) is 18.5. The normalized spacial score (nSPS) is 30.5. The number of halogens is 3. The first-order valence-electron chi connectivity index (χ1n) is 26.6. The second-order valence-electron chi connectivity index (χ2n) is 23.2. The number of aliphatic hydroxyl groups excluding tert-OH is 1. The van der Waals surface area contributed by atoms with E-state index < -0.39 is 29.1 Å². The summed E-state index contributed by atoms with van der Waals surface area (Å²) in [5.74, 6) is -1.98. The molecular formula is C58H74Br3N3O10S4. The molecule has 4 aromatic heterocycles. The summed E-state index contributed by atoms with van der Waals surface area (Å²) in [6.07, 6.45) is 12.3. The quantitative estimate of drug-likeness (QED) is 0.0457. The van der Waals surface area contributed by atoms with Crippen LogP contribution in [0.4, 0.5) is 0 Å². The lowest BCUT2D eigenvalue weighted by atomic mass is 9.94. The summed E-state index contributed by atoms with van der Waals surface area (Å²) >= 11 is 5.49. The van der Waals surface area contributed by atoms with Crippen molar-refractivity contribution in [2.75, 3.05) is 41.8 Å². The molecule has 13 nitrogen and oxygen atoms in total. The molecule has 0 saturated carbocycles. The average Bonchev–Trinajstić information content (AvgIpc) is 4.25. The number of hydrogen-bond acceptors (Lipinski definition) is 14. The highest BCUT2D eigenvalue weighted by Gasteiger charge is 2.71. The molecule has 5 aromatic rings. The molecule has 7 aliphatic heterocycles. The fraction of sp³-hybridized carbons (Fsp3) is 0.534. The number of carbonyl (C=O) groups is 3. The van der Waals surface area contributed by atoms with Crippen molar-refractivity contribution < 1.29 is 113 Å². The van der Waals surface area contributed by atoms with Crippen LogP contribution in [0.15, 0.2) is 113 Å². The number of epoxide rings is 1. The maximum Gasteiger partial charge on any atom is 0.349 e. The highest BCUT2D eigenvalue weighted by atomic mass is 79.9. The van der Waals surface area contributed by atoms with Crippen molar-refractivity contribution in [2.45, 2.75) is 155 Å². The molecule has 0 radical (unpaired) electrons. The summed E-state index contributed by atoms with van der Waals surface area (Å²) in [7, 11) is 11.3. The zero-order valence-corrected chi connectivity index (χ0v) is 53.2. The number of fused-ring (bicyclic) bond motifs is 9. The van der Waals surface area contributed by atoms with E-state index in [4.69, 9.17) is 18.9 Å². The second-order valence-corrected chi connectivity index (χ2v) is 27.0. The van der Waals surface area contributed by atoms with Gasteiger partial charge in [-0.2, -0.15) is 0 Å². The van der Waals surface area contributed by atoms with Gasteiger partial charge >= 0.3 is 17.9 Å². The van der Waals surface area contributed by atoms with Crippen LogP contribution in [0.1, 0.15) is 96.2 Å². The minimum absolute atomic E-state index is 0. The molecule has 426 valence electrons. The van der Waals surface area contributed by atoms with Crippen molar-refractivity contribution in [3.05, 3.63) is 138 Å². The number of esters is 3. The summed E-state index contributed by atoms with van der Waals surface area (Å²) < 4.78 is 26.4. The molecule has 78 heavy (non-hydrogen) atoms. The zero-order chi connectivity index (χ0) is 53.1. The van der Waals surface area contributed by atoms with E-state index >= 15 is 0 Å². The number of quaternary nitrogens is 3. The van der Waals surface area contributed by atoms with Gasteiger partial charge in [-0.05, 0) is 77.3 Å². The van der Waals surface area contributed by atoms with Gasteiger partial charge in [0.05, 0.1) is 79.5 Å². The standard InChI is InChI=1S/C20H30NO3.C19H22NO4S2.C19H22NO3S2.3BrH/c1-14(2)21(3)16-9-10-17(21)12-18(11-16)24-20(23)19(13-22)15-7-5-4-6-8-15;1-20(2)12-9-11(10-13(20)17-16(12)24-17)23-18(21)19(22,14-5-3-7-25-14)15-6-4-8-26-15;1-20(2)13-7-8-14(20)12-15(11-13)23-18(21)19(22,16-5-3-9-24-16)17-6-4-10-25-17;;;/h4-8,14,16-19,22H,9-13H2,1-3H3;3-8,11-13,16-17,22H,9-10H2,1-2H3;3-10,13-15,22H,11-12H2,1-2H3;3*1H/q3*+1;;;/p-3/t16-,17?,18?,19?,21?;11?,12-,13?,16+,17?;13-,14?,15?;;;/m101.../s1. The van der Waals surface area contributed by atoms with Crippen molar-refractivity contribution in [2.24, 2.45) is 0 Å². The highest BCUT2D eigenvalue weighted by molar-refractivity contribution is 7.12. The van der Waals surface area contributed by atoms with Gasteiger partial charge in [-0.1, -0.05) is 54.6 Å². The monoisotopic (exact) mass is 1340 g/mol. The number of nitrogens with zero attached hydrogens (tertiary/aromatic N) is 3. The van der Waals surface area contributed by atoms with Crippen LogP contribution in [0.3, 0.4) is 0 Å². The van der Waals surface area contributed by atoms with Gasteiger partial charge in [-0.3, -0.25) is 4.79 Å². The van der Waals surface area contributed by atoms with E-state index in [0.717, 1.165) is 57.5 Å². The van der Waals surface area contributed by atoms with Crippen LogP contribution in [0.5, 0.6) is 0 Å². The molecule has 1 aromatic carbocycles. The minimum Gasteiger partial charge on any atom is -1.00 e. The van der Waals surface area contributed by atoms with Crippen molar-refractivity contribution in [1.29, 1.82) is 0 Å². The van der Waals surface area contributed by atoms with Gasteiger partial charge in [0.2, 0.25) is 11.2 Å². The van der Waals surface area contributed by atoms with Crippen molar-refractivity contribution in [3.63, 3.8) is 0 Å². The first-order valence-corrected chi connectivity index (χ1v) is 30.1. The fourth-order valence-corrected chi connectivity index (χ4v) is 17.0. The summed E-state index contributed by atoms with van der Waals surface area (Å²) in [4.78, 5) is 41.2. The summed E-state index contributed by atoms with van der Waals surface area (Å²) in [5, 5.41) is 39.8. The highest BCUT2D eigenvalue weighted by Crippen LogP contribution is 2.52. The largest absolute Gasteiger partial charge is 1.00 e. The summed E-state index contributed by atoms with van der Waals surface area (Å²) in [5.41, 5.74) is -2.61. The van der Waals surface area contributed by atoms with E-state index in [2.05, 4.69) is 61.2 Å². The maximum atomic E-state index is 13.1. The molecule has 13 atom stereocenters. The molecule has 6 fully saturated rings. The fourth-order valence-electron chi connectivity index (χ4n) is 13.6. The van der Waals surface area contributed by atoms with E-state index in [1.54, 1.807) is 24.3 Å². The molecule has 6 bridgehead atoms. The Kier molecular flexibility index (Phi) is 20.2. The van der Waals surface area contributed by atoms with Gasteiger partial charge in [0, 0.05) is 51.4 Å². The number of likely N-dealkylation sites (N-methyl/N-ethyl adjacent to an activating group) is 2. The lowest BCUT2D eigenvalue weighted by Crippen LogP contribution is -3.00. The Morgan fingerprint density at radius 3 is 1.35 bits per heavy atom. The van der Waals surface area contributed by atoms with E-state index in [1.165, 1.54) is 58.2 Å². The molecule has 11 heterocycles. The number of thiophene rings is 4. The minimum atomic E-state index is -1.72. The summed E-state index contributed by atoms with van der Waals surface area (Å²) in [6.45, 7) is 4.39. The zero-order valence-electron chi connectivity index (χ0n) is 45.1. The number of rotatable bonds is 13. The Morgan fingerprint density at radius 1 is 0.577 bits per heavy atom. The Labute approximate surface area is 506 Å². The number of benzene rings is 1. The lowest BCUT2D eigenvalue weighted by Gasteiger charge is -2.49. The lowest BCUT2D eigenvalue weighted by molar-refractivity contribution is -0.968. The molecule has 0 amide bonds. The van der Waals surface area contributed by atoms with E-state index in [-0.39, 0.29) is 81.8 Å². The topological polar surface area (TPSA) is 152 Å². The molecule has 0 aliphatic carbocycles. The Morgan fingerprint density at radius 2 is 0.974 bits per heavy atom. The summed E-state index contributed by atoms with van der Waals surface area (Å²) in [6, 6.07) is 27.2. The maximum absolute atomic E-state index is 13.1. The van der Waals surface area contributed by atoms with Gasteiger partial charge in [-0.15, -0.1) is 45.3 Å². The first-order chi connectivity index (χ1) is 35.8. The average molecular weight is 1340 g/mol. The van der Waals surface area contributed by atoms with E-state index in [9.17, 15) is 29.7 Å². The number of carbonyl (C=O) groups excluding carboxylic acids is 3. The predicted molar refractivity (Wildman–Crippen MR) is 292 cm³/mol. The SMILES string of the molecule is CC(C)[N+]1(C)C2CC[C@@H]1CC(OC(=O)C(CO)c1ccccc1)C2.C[N+]1(C)C2C=C[C@@H]1CC(OC(=O)C(O)(c1cccs1)c1cccs1)C2.C[N+]1(C)C2CC(OC(=O)C(O)(c3cccs3)c3cccs3)C[C@H]1[C@H]1OC21.[Br-].[Br-].[Br-]. The van der Waals surface area contributed by atoms with Gasteiger partial charge < -0.3 is 98.7 Å². The van der Waals surface area contributed by atoms with Crippen LogP contribution in [0, 0.1) is 0 Å². The molecule has 3 N–H and O–H groups in total. The van der Waals surface area contributed by atoms with Crippen molar-refractivity contribution >= 4 is 63.3 Å². The molecule has 12 rings (SSSR count). The van der Waals surface area contributed by atoms with Crippen LogP contribution in [0.2, 0.25) is 0 Å². The van der Waals surface area contributed by atoms with Crippen molar-refractivity contribution in [1.82, 2.24) is 0 Å². The molecular weight excluding hydrogens is 1270 g/mol. The van der Waals surface area contributed by atoms with Crippen LogP contribution < -0.4 is 50.9 Å². The molecule has 20 heteroatoms.